The van der Waals surface area contributed by atoms with Gasteiger partial charge in [0.1, 0.15) is 13.2 Å². The van der Waals surface area contributed by atoms with Crippen molar-refractivity contribution < 1.29 is 38.9 Å². The number of aliphatic carboxylic acids is 2. The number of rotatable bonds is 12. The van der Waals surface area contributed by atoms with Gasteiger partial charge in [0.15, 0.2) is 0 Å². The molecule has 1 atom stereocenters. The van der Waals surface area contributed by atoms with E-state index < -0.39 is 41.6 Å². The van der Waals surface area contributed by atoms with E-state index in [0.29, 0.717) is 6.42 Å². The molecule has 0 aliphatic heterocycles. The lowest BCUT2D eigenvalue weighted by atomic mass is 9.77. The average molecular weight is 370 g/mol. The number of carbonyl (C=O) groups is 4. The molecule has 0 aliphatic carbocycles. The molecule has 0 aliphatic rings. The minimum Gasteiger partial charge on any atom is -0.481 e. The van der Waals surface area contributed by atoms with E-state index in [1.807, 2.05) is 0 Å². The normalized spacial score (nSPS) is 12.0. The summed E-state index contributed by atoms with van der Waals surface area (Å²) in [5.74, 6) is -5.11. The van der Waals surface area contributed by atoms with Gasteiger partial charge in [-0.1, -0.05) is 20.1 Å². The third kappa shape index (κ3) is 7.96. The van der Waals surface area contributed by atoms with Crippen LogP contribution in [0.3, 0.4) is 0 Å². The van der Waals surface area contributed by atoms with Crippen LogP contribution in [-0.2, 0) is 28.7 Å². The molecule has 0 saturated carbocycles. The fourth-order valence-electron chi connectivity index (χ4n) is 2.17. The third-order valence-corrected chi connectivity index (χ3v) is 3.92. The van der Waals surface area contributed by atoms with E-state index in [4.69, 9.17) is 14.6 Å². The topological polar surface area (TPSA) is 127 Å². The second-order valence-electron chi connectivity index (χ2n) is 6.40. The summed E-state index contributed by atoms with van der Waals surface area (Å²) in [6.45, 7) is 11.1. The van der Waals surface area contributed by atoms with Crippen molar-refractivity contribution in [3.8, 4) is 0 Å². The van der Waals surface area contributed by atoms with Crippen LogP contribution in [0.25, 0.3) is 0 Å². The Morgan fingerprint density at radius 1 is 0.962 bits per heavy atom. The van der Waals surface area contributed by atoms with Crippen molar-refractivity contribution in [1.82, 2.24) is 0 Å². The Bertz CT molecular complexity index is 560. The summed E-state index contributed by atoms with van der Waals surface area (Å²) in [4.78, 5) is 45.7. The van der Waals surface area contributed by atoms with Gasteiger partial charge in [-0.3, -0.25) is 9.59 Å². The second kappa shape index (κ2) is 10.4. The van der Waals surface area contributed by atoms with E-state index in [1.54, 1.807) is 6.92 Å². The Morgan fingerprint density at radius 2 is 1.38 bits per heavy atom. The largest absolute Gasteiger partial charge is 0.481 e. The van der Waals surface area contributed by atoms with Crippen molar-refractivity contribution in [3.63, 3.8) is 0 Å². The standard InChI is InChI=1S/C18H26O8/c1-6-18(9-25-16(23)11(2)3,10-26-17(24)12(4)5)8-13(15(21)22)7-14(19)20/h13H,2,4,6-10H2,1,3,5H3,(H,19,20)(H,21,22). The summed E-state index contributed by atoms with van der Waals surface area (Å²) >= 11 is 0. The molecule has 2 N–H and O–H groups in total. The summed E-state index contributed by atoms with van der Waals surface area (Å²) < 4.78 is 10.3. The van der Waals surface area contributed by atoms with Gasteiger partial charge < -0.3 is 19.7 Å². The molecule has 26 heavy (non-hydrogen) atoms. The minimum atomic E-state index is -1.29. The van der Waals surface area contributed by atoms with Crippen LogP contribution in [-0.4, -0.2) is 47.3 Å². The van der Waals surface area contributed by atoms with E-state index in [0.717, 1.165) is 0 Å². The van der Waals surface area contributed by atoms with E-state index in [9.17, 15) is 24.3 Å². The highest BCUT2D eigenvalue weighted by Crippen LogP contribution is 2.33. The fourth-order valence-corrected chi connectivity index (χ4v) is 2.17. The molecule has 1 unspecified atom stereocenters. The highest BCUT2D eigenvalue weighted by atomic mass is 16.5. The van der Waals surface area contributed by atoms with Crippen LogP contribution in [0, 0.1) is 11.3 Å². The Kier molecular flexibility index (Phi) is 9.32. The molecule has 0 aromatic carbocycles. The highest BCUT2D eigenvalue weighted by Gasteiger charge is 2.38. The minimum absolute atomic E-state index is 0.141. The first kappa shape index (κ1) is 23.4. The van der Waals surface area contributed by atoms with Crippen molar-refractivity contribution in [2.75, 3.05) is 13.2 Å². The molecule has 0 rings (SSSR count). The SMILES string of the molecule is C=C(C)C(=O)OCC(CC)(COC(=O)C(=C)C)CC(CC(=O)O)C(=O)O. The first-order chi connectivity index (χ1) is 11.9. The van der Waals surface area contributed by atoms with Crippen LogP contribution < -0.4 is 0 Å². The molecule has 0 fully saturated rings. The molecular formula is C18H26O8. The summed E-state index contributed by atoms with van der Waals surface area (Å²) in [6.07, 6.45) is -0.443. The van der Waals surface area contributed by atoms with Gasteiger partial charge in [0.25, 0.3) is 0 Å². The molecule has 0 bridgehead atoms. The van der Waals surface area contributed by atoms with Crippen LogP contribution in [0.15, 0.2) is 24.3 Å². The average Bonchev–Trinajstić information content (AvgIpc) is 2.55. The molecule has 8 heteroatoms. The number of carboxylic acid groups (broad SMARTS) is 2. The summed E-state index contributed by atoms with van der Waals surface area (Å²) in [6, 6.07) is 0. The van der Waals surface area contributed by atoms with Gasteiger partial charge in [0.05, 0.1) is 12.3 Å². The van der Waals surface area contributed by atoms with Crippen LogP contribution >= 0.6 is 0 Å². The van der Waals surface area contributed by atoms with Gasteiger partial charge in [-0.05, 0) is 26.7 Å². The van der Waals surface area contributed by atoms with Gasteiger partial charge >= 0.3 is 23.9 Å². The molecule has 146 valence electrons. The molecule has 0 aromatic rings. The number of carbonyl (C=O) groups excluding carboxylic acids is 2. The van der Waals surface area contributed by atoms with Crippen LogP contribution in [0.1, 0.15) is 40.0 Å². The number of hydrogen-bond donors (Lipinski definition) is 2. The van der Waals surface area contributed by atoms with Crippen molar-refractivity contribution in [1.29, 1.82) is 0 Å². The third-order valence-electron chi connectivity index (χ3n) is 3.92. The number of esters is 2. The lowest BCUT2D eigenvalue weighted by Crippen LogP contribution is -2.38. The molecular weight excluding hydrogens is 344 g/mol. The molecule has 0 heterocycles. The van der Waals surface area contributed by atoms with Gasteiger partial charge in [-0.2, -0.15) is 0 Å². The lowest BCUT2D eigenvalue weighted by Gasteiger charge is -2.33. The smallest absolute Gasteiger partial charge is 0.333 e. The first-order valence-electron chi connectivity index (χ1n) is 8.04. The summed E-state index contributed by atoms with van der Waals surface area (Å²) in [5, 5.41) is 18.2. The molecule has 0 aromatic heterocycles. The van der Waals surface area contributed by atoms with Gasteiger partial charge in [-0.15, -0.1) is 0 Å². The molecule has 0 saturated heterocycles. The van der Waals surface area contributed by atoms with Crippen molar-refractivity contribution >= 4 is 23.9 Å². The zero-order valence-corrected chi connectivity index (χ0v) is 15.4. The monoisotopic (exact) mass is 370 g/mol. The van der Waals surface area contributed by atoms with Crippen molar-refractivity contribution in [2.45, 2.75) is 40.0 Å². The van der Waals surface area contributed by atoms with Gasteiger partial charge in [-0.25, -0.2) is 9.59 Å². The fraction of sp³-hybridized carbons (Fsp3) is 0.556. The maximum Gasteiger partial charge on any atom is 0.333 e. The summed E-state index contributed by atoms with van der Waals surface area (Å²) in [7, 11) is 0. The Balaban J connectivity index is 5.48. The second-order valence-corrected chi connectivity index (χ2v) is 6.40. The molecule has 0 amide bonds. The first-order valence-corrected chi connectivity index (χ1v) is 8.04. The Labute approximate surface area is 152 Å². The Hall–Kier alpha value is -2.64. The van der Waals surface area contributed by atoms with Crippen LogP contribution in [0.4, 0.5) is 0 Å². The lowest BCUT2D eigenvalue weighted by molar-refractivity contribution is -0.155. The predicted octanol–water partition coefficient (Wildman–Crippen LogP) is 2.19. The Morgan fingerprint density at radius 3 is 1.65 bits per heavy atom. The summed E-state index contributed by atoms with van der Waals surface area (Å²) in [5.41, 5.74) is -0.724. The predicted molar refractivity (Wildman–Crippen MR) is 92.3 cm³/mol. The van der Waals surface area contributed by atoms with Crippen molar-refractivity contribution in [3.05, 3.63) is 24.3 Å². The van der Waals surface area contributed by atoms with Gasteiger partial charge in [0.2, 0.25) is 0 Å². The van der Waals surface area contributed by atoms with E-state index >= 15 is 0 Å². The zero-order valence-electron chi connectivity index (χ0n) is 15.4. The molecule has 0 spiro atoms. The molecule has 8 nitrogen and oxygen atoms in total. The number of hydrogen-bond acceptors (Lipinski definition) is 6. The van der Waals surface area contributed by atoms with E-state index in [-0.39, 0.29) is 30.8 Å². The van der Waals surface area contributed by atoms with Gasteiger partial charge in [0, 0.05) is 16.6 Å². The van der Waals surface area contributed by atoms with Crippen LogP contribution in [0.2, 0.25) is 0 Å². The van der Waals surface area contributed by atoms with Crippen molar-refractivity contribution in [2.24, 2.45) is 11.3 Å². The molecule has 0 radical (unpaired) electrons. The highest BCUT2D eigenvalue weighted by molar-refractivity contribution is 5.87. The van der Waals surface area contributed by atoms with E-state index in [2.05, 4.69) is 13.2 Å². The van der Waals surface area contributed by atoms with Crippen LogP contribution in [0.5, 0.6) is 0 Å². The zero-order chi connectivity index (χ0) is 20.5. The quantitative estimate of drug-likeness (QED) is 0.395. The maximum atomic E-state index is 11.7. The number of ether oxygens (including phenoxy) is 2. The van der Waals surface area contributed by atoms with E-state index in [1.165, 1.54) is 13.8 Å². The maximum absolute atomic E-state index is 11.7. The number of carboxylic acids is 2.